The summed E-state index contributed by atoms with van der Waals surface area (Å²) in [7, 11) is 0. The van der Waals surface area contributed by atoms with Crippen LogP contribution >= 0.6 is 11.6 Å². The van der Waals surface area contributed by atoms with E-state index in [1.54, 1.807) is 30.6 Å². The van der Waals surface area contributed by atoms with Gasteiger partial charge in [0, 0.05) is 29.4 Å². The Bertz CT molecular complexity index is 1160. The first kappa shape index (κ1) is 15.3. The minimum absolute atomic E-state index is 0.225. The molecule has 122 valence electrons. The monoisotopic (exact) mass is 349 g/mol. The first-order chi connectivity index (χ1) is 12.1. The van der Waals surface area contributed by atoms with Crippen molar-refractivity contribution in [1.29, 1.82) is 0 Å². The van der Waals surface area contributed by atoms with Crippen LogP contribution in [0.1, 0.15) is 0 Å². The summed E-state index contributed by atoms with van der Waals surface area (Å²) in [6, 6.07) is 12.3. The van der Waals surface area contributed by atoms with Crippen molar-refractivity contribution in [3.63, 3.8) is 0 Å². The molecule has 0 fully saturated rings. The van der Waals surface area contributed by atoms with Gasteiger partial charge in [-0.25, -0.2) is 9.97 Å². The van der Waals surface area contributed by atoms with Crippen molar-refractivity contribution in [3.8, 4) is 17.1 Å². The zero-order valence-corrected chi connectivity index (χ0v) is 13.7. The zero-order valence-electron chi connectivity index (χ0n) is 12.9. The molecule has 0 aliphatic carbocycles. The van der Waals surface area contributed by atoms with Gasteiger partial charge in [0.1, 0.15) is 11.5 Å². The number of nitrogens with two attached hydrogens (primary N) is 1. The van der Waals surface area contributed by atoms with E-state index in [0.29, 0.717) is 22.1 Å². The molecule has 0 aliphatic heterocycles. The molecule has 0 atom stereocenters. The van der Waals surface area contributed by atoms with Crippen LogP contribution in [0.4, 0.5) is 5.82 Å². The van der Waals surface area contributed by atoms with Gasteiger partial charge < -0.3 is 5.73 Å². The molecule has 0 saturated carbocycles. The lowest BCUT2D eigenvalue weighted by molar-refractivity contribution is 0.933. The molecule has 0 bridgehead atoms. The maximum absolute atomic E-state index is 12.2. The summed E-state index contributed by atoms with van der Waals surface area (Å²) in [5, 5.41) is 1.37. The molecule has 25 heavy (non-hydrogen) atoms. The molecule has 4 aromatic rings. The molecular formula is C18H12ClN5O. The summed E-state index contributed by atoms with van der Waals surface area (Å²) in [4.78, 5) is 25.2. The summed E-state index contributed by atoms with van der Waals surface area (Å²) in [5.74, 6) is 0.577. The van der Waals surface area contributed by atoms with Crippen LogP contribution < -0.4 is 11.3 Å². The molecule has 1 aromatic carbocycles. The van der Waals surface area contributed by atoms with E-state index in [1.807, 2.05) is 18.2 Å². The van der Waals surface area contributed by atoms with E-state index in [9.17, 15) is 4.79 Å². The molecule has 3 heterocycles. The Hall–Kier alpha value is -3.25. The van der Waals surface area contributed by atoms with Crippen molar-refractivity contribution in [2.45, 2.75) is 0 Å². The van der Waals surface area contributed by atoms with Crippen molar-refractivity contribution in [3.05, 3.63) is 76.4 Å². The number of aromatic nitrogens is 4. The summed E-state index contributed by atoms with van der Waals surface area (Å²) >= 11 is 6.37. The van der Waals surface area contributed by atoms with Gasteiger partial charge in [-0.05, 0) is 24.3 Å². The normalized spacial score (nSPS) is 10.9. The number of benzene rings is 1. The van der Waals surface area contributed by atoms with Crippen LogP contribution in [-0.4, -0.2) is 19.5 Å². The predicted octanol–water partition coefficient (Wildman–Crippen LogP) is 3.08. The lowest BCUT2D eigenvalue weighted by Gasteiger charge is -2.12. The molecule has 2 N–H and O–H groups in total. The number of nitrogens with zero attached hydrogens (tertiary/aromatic N) is 4. The Morgan fingerprint density at radius 3 is 2.80 bits per heavy atom. The van der Waals surface area contributed by atoms with Crippen LogP contribution in [0, 0.1) is 0 Å². The zero-order chi connectivity index (χ0) is 17.4. The fourth-order valence-electron chi connectivity index (χ4n) is 2.65. The smallest absolute Gasteiger partial charge is 0.256 e. The average Bonchev–Trinajstić information content (AvgIpc) is 2.62. The Kier molecular flexibility index (Phi) is 3.66. The first-order valence-corrected chi connectivity index (χ1v) is 7.86. The van der Waals surface area contributed by atoms with Gasteiger partial charge in [-0.1, -0.05) is 23.7 Å². The topological polar surface area (TPSA) is 86.7 Å². The second-order valence-electron chi connectivity index (χ2n) is 5.41. The minimum atomic E-state index is -0.225. The second-order valence-corrected chi connectivity index (χ2v) is 5.82. The number of hydrogen-bond donors (Lipinski definition) is 1. The van der Waals surface area contributed by atoms with E-state index in [1.165, 1.54) is 16.8 Å². The first-order valence-electron chi connectivity index (χ1n) is 7.49. The number of anilines is 1. The molecule has 0 spiro atoms. The van der Waals surface area contributed by atoms with Crippen LogP contribution in [0.5, 0.6) is 0 Å². The van der Waals surface area contributed by atoms with E-state index in [-0.39, 0.29) is 11.4 Å². The number of halogens is 1. The lowest BCUT2D eigenvalue weighted by atomic mass is 10.1. The van der Waals surface area contributed by atoms with Crippen LogP contribution in [0.3, 0.4) is 0 Å². The quantitative estimate of drug-likeness (QED) is 0.601. The molecule has 0 unspecified atom stereocenters. The van der Waals surface area contributed by atoms with E-state index < -0.39 is 0 Å². The highest BCUT2D eigenvalue weighted by molar-refractivity contribution is 6.35. The molecule has 0 radical (unpaired) electrons. The van der Waals surface area contributed by atoms with Gasteiger partial charge in [0.2, 0.25) is 0 Å². The number of fused-ring (bicyclic) bond motifs is 1. The van der Waals surface area contributed by atoms with Crippen molar-refractivity contribution in [1.82, 2.24) is 19.5 Å². The van der Waals surface area contributed by atoms with Gasteiger partial charge in [0.05, 0.1) is 16.7 Å². The number of rotatable bonds is 2. The van der Waals surface area contributed by atoms with Crippen LogP contribution in [-0.2, 0) is 0 Å². The highest BCUT2D eigenvalue weighted by Gasteiger charge is 2.14. The van der Waals surface area contributed by atoms with Crippen LogP contribution in [0.15, 0.2) is 65.8 Å². The number of nitrogen functional groups attached to an aromatic ring is 1. The van der Waals surface area contributed by atoms with Crippen molar-refractivity contribution in [2.75, 3.05) is 5.73 Å². The van der Waals surface area contributed by atoms with E-state index in [0.717, 1.165) is 10.9 Å². The third-order valence-corrected chi connectivity index (χ3v) is 4.04. The largest absolute Gasteiger partial charge is 0.382 e. The van der Waals surface area contributed by atoms with Gasteiger partial charge in [-0.2, -0.15) is 0 Å². The second kappa shape index (κ2) is 5.99. The minimum Gasteiger partial charge on any atom is -0.382 e. The van der Waals surface area contributed by atoms with Crippen LogP contribution in [0.2, 0.25) is 5.02 Å². The molecule has 0 amide bonds. The summed E-state index contributed by atoms with van der Waals surface area (Å²) in [5.41, 5.74) is 7.50. The number of pyridine rings is 2. The van der Waals surface area contributed by atoms with E-state index >= 15 is 0 Å². The highest BCUT2D eigenvalue weighted by atomic mass is 35.5. The van der Waals surface area contributed by atoms with Crippen molar-refractivity contribution >= 4 is 28.3 Å². The standard InChI is InChI=1S/C18H12ClN5O/c19-13-9-12(8-11-4-3-6-21-16(11)13)17-18(23-14(20)10-22-17)24-7-2-1-5-15(24)25/h1-10H,(H2,20,23). The summed E-state index contributed by atoms with van der Waals surface area (Å²) < 4.78 is 1.40. The fraction of sp³-hybridized carbons (Fsp3) is 0. The van der Waals surface area contributed by atoms with E-state index in [2.05, 4.69) is 15.0 Å². The Balaban J connectivity index is 2.01. The molecule has 0 aliphatic rings. The predicted molar refractivity (Wildman–Crippen MR) is 97.8 cm³/mol. The third-order valence-electron chi connectivity index (χ3n) is 3.76. The molecule has 0 saturated heterocycles. The van der Waals surface area contributed by atoms with Crippen LogP contribution in [0.25, 0.3) is 28.0 Å². The molecule has 7 heteroatoms. The number of hydrogen-bond acceptors (Lipinski definition) is 5. The van der Waals surface area contributed by atoms with Gasteiger partial charge in [0.15, 0.2) is 5.82 Å². The third kappa shape index (κ3) is 2.72. The Morgan fingerprint density at radius 2 is 1.96 bits per heavy atom. The maximum atomic E-state index is 12.2. The fourth-order valence-corrected chi connectivity index (χ4v) is 2.93. The van der Waals surface area contributed by atoms with Gasteiger partial charge in [-0.15, -0.1) is 0 Å². The Labute approximate surface area is 147 Å². The SMILES string of the molecule is Nc1cnc(-c2cc(Cl)c3ncccc3c2)c(-n2ccccc2=O)n1. The van der Waals surface area contributed by atoms with Gasteiger partial charge in [-0.3, -0.25) is 14.3 Å². The van der Waals surface area contributed by atoms with Gasteiger partial charge in [0.25, 0.3) is 5.56 Å². The molecular weight excluding hydrogens is 338 g/mol. The van der Waals surface area contributed by atoms with Gasteiger partial charge >= 0.3 is 0 Å². The maximum Gasteiger partial charge on any atom is 0.256 e. The molecule has 6 nitrogen and oxygen atoms in total. The Morgan fingerprint density at radius 1 is 1.08 bits per heavy atom. The highest BCUT2D eigenvalue weighted by Crippen LogP contribution is 2.31. The summed E-state index contributed by atoms with van der Waals surface area (Å²) in [6.07, 6.45) is 4.76. The molecule has 4 rings (SSSR count). The van der Waals surface area contributed by atoms with Crippen molar-refractivity contribution in [2.24, 2.45) is 0 Å². The molecule has 3 aromatic heterocycles. The van der Waals surface area contributed by atoms with E-state index in [4.69, 9.17) is 17.3 Å². The van der Waals surface area contributed by atoms with Crippen molar-refractivity contribution < 1.29 is 0 Å². The average molecular weight is 350 g/mol. The lowest BCUT2D eigenvalue weighted by Crippen LogP contribution is -2.18. The summed E-state index contributed by atoms with van der Waals surface area (Å²) in [6.45, 7) is 0.